The number of nitrogens with two attached hydrogens (primary N) is 1. The fourth-order valence-corrected chi connectivity index (χ4v) is 0.838. The Morgan fingerprint density at radius 3 is 2.77 bits per heavy atom. The Hall–Kier alpha value is -1.32. The van der Waals surface area contributed by atoms with E-state index in [2.05, 4.69) is 23.8 Å². The maximum atomic E-state index is 5.60. The highest BCUT2D eigenvalue weighted by atomic mass is 16.5. The van der Waals surface area contributed by atoms with Gasteiger partial charge in [0, 0.05) is 0 Å². The van der Waals surface area contributed by atoms with Gasteiger partial charge in [-0.25, -0.2) is 9.97 Å². The second-order valence-corrected chi connectivity index (χ2v) is 3.39. The number of hydrogen-bond acceptors (Lipinski definition) is 4. The highest BCUT2D eigenvalue weighted by Crippen LogP contribution is 2.17. The average Bonchev–Trinajstić information content (AvgIpc) is 2.07. The van der Waals surface area contributed by atoms with Crippen LogP contribution in [0.25, 0.3) is 0 Å². The van der Waals surface area contributed by atoms with Crippen LogP contribution in [0.15, 0.2) is 6.33 Å². The molecule has 72 valence electrons. The standard InChI is InChI=1S/C9H15N3O/c1-6(2)4-13-9-7(3)8(10)11-5-12-9/h5-6H,4H2,1-3H3,(H2,10,11,12). The molecule has 0 atom stereocenters. The van der Waals surface area contributed by atoms with Crippen molar-refractivity contribution >= 4 is 5.82 Å². The van der Waals surface area contributed by atoms with Crippen LogP contribution in [-0.2, 0) is 0 Å². The lowest BCUT2D eigenvalue weighted by Gasteiger charge is -2.09. The van der Waals surface area contributed by atoms with Crippen molar-refractivity contribution in [3.8, 4) is 5.88 Å². The van der Waals surface area contributed by atoms with Crippen LogP contribution >= 0.6 is 0 Å². The van der Waals surface area contributed by atoms with E-state index in [9.17, 15) is 0 Å². The van der Waals surface area contributed by atoms with Gasteiger partial charge in [0.25, 0.3) is 0 Å². The fraction of sp³-hybridized carbons (Fsp3) is 0.556. The summed E-state index contributed by atoms with van der Waals surface area (Å²) in [7, 11) is 0. The summed E-state index contributed by atoms with van der Waals surface area (Å²) >= 11 is 0. The first-order valence-electron chi connectivity index (χ1n) is 4.31. The largest absolute Gasteiger partial charge is 0.477 e. The van der Waals surface area contributed by atoms with Crippen LogP contribution in [-0.4, -0.2) is 16.6 Å². The quantitative estimate of drug-likeness (QED) is 0.765. The average molecular weight is 181 g/mol. The van der Waals surface area contributed by atoms with E-state index >= 15 is 0 Å². The summed E-state index contributed by atoms with van der Waals surface area (Å²) in [6.07, 6.45) is 1.41. The minimum Gasteiger partial charge on any atom is -0.477 e. The van der Waals surface area contributed by atoms with E-state index in [1.807, 2.05) is 6.92 Å². The number of nitrogen functional groups attached to an aromatic ring is 1. The molecule has 1 aromatic heterocycles. The SMILES string of the molecule is Cc1c(N)ncnc1OCC(C)C. The third-order valence-electron chi connectivity index (χ3n) is 1.63. The van der Waals surface area contributed by atoms with Crippen LogP contribution in [0.2, 0.25) is 0 Å². The summed E-state index contributed by atoms with van der Waals surface area (Å²) < 4.78 is 5.45. The van der Waals surface area contributed by atoms with Crippen molar-refractivity contribution < 1.29 is 4.74 Å². The second kappa shape index (κ2) is 4.07. The van der Waals surface area contributed by atoms with E-state index in [1.165, 1.54) is 6.33 Å². The predicted octanol–water partition coefficient (Wildman–Crippen LogP) is 1.40. The fourth-order valence-electron chi connectivity index (χ4n) is 0.838. The molecule has 1 heterocycles. The molecule has 0 aliphatic carbocycles. The Labute approximate surface area is 78.1 Å². The van der Waals surface area contributed by atoms with Gasteiger partial charge in [-0.15, -0.1) is 0 Å². The summed E-state index contributed by atoms with van der Waals surface area (Å²) in [5.74, 6) is 1.55. The first kappa shape index (κ1) is 9.77. The summed E-state index contributed by atoms with van der Waals surface area (Å²) in [5.41, 5.74) is 6.40. The van der Waals surface area contributed by atoms with Crippen LogP contribution in [0, 0.1) is 12.8 Å². The molecule has 0 aliphatic rings. The number of nitrogens with zero attached hydrogens (tertiary/aromatic N) is 2. The van der Waals surface area contributed by atoms with Crippen LogP contribution in [0.3, 0.4) is 0 Å². The number of anilines is 1. The maximum absolute atomic E-state index is 5.60. The van der Waals surface area contributed by atoms with E-state index < -0.39 is 0 Å². The van der Waals surface area contributed by atoms with E-state index in [-0.39, 0.29) is 0 Å². The summed E-state index contributed by atoms with van der Waals surface area (Å²) in [4.78, 5) is 7.85. The highest BCUT2D eigenvalue weighted by molar-refractivity contribution is 5.42. The van der Waals surface area contributed by atoms with Gasteiger partial charge in [0.05, 0.1) is 12.2 Å². The minimum absolute atomic E-state index is 0.480. The Kier molecular flexibility index (Phi) is 3.06. The number of hydrogen-bond donors (Lipinski definition) is 1. The zero-order chi connectivity index (χ0) is 9.84. The molecule has 0 fully saturated rings. The van der Waals surface area contributed by atoms with Crippen molar-refractivity contribution in [1.82, 2.24) is 9.97 Å². The molecule has 0 saturated carbocycles. The Balaban J connectivity index is 2.71. The van der Waals surface area contributed by atoms with E-state index in [0.29, 0.717) is 24.2 Å². The van der Waals surface area contributed by atoms with Crippen LogP contribution in [0.4, 0.5) is 5.82 Å². The van der Waals surface area contributed by atoms with Crippen molar-refractivity contribution in [3.05, 3.63) is 11.9 Å². The van der Waals surface area contributed by atoms with E-state index in [0.717, 1.165) is 5.56 Å². The molecular formula is C9H15N3O. The zero-order valence-electron chi connectivity index (χ0n) is 8.24. The summed E-state index contributed by atoms with van der Waals surface area (Å²) in [6, 6.07) is 0. The lowest BCUT2D eigenvalue weighted by Crippen LogP contribution is -2.08. The highest BCUT2D eigenvalue weighted by Gasteiger charge is 2.05. The number of rotatable bonds is 3. The Bertz CT molecular complexity index is 286. The molecule has 1 rings (SSSR count). The summed E-state index contributed by atoms with van der Waals surface area (Å²) in [6.45, 7) is 6.67. The predicted molar refractivity (Wildman–Crippen MR) is 51.5 cm³/mol. The van der Waals surface area contributed by atoms with E-state index in [4.69, 9.17) is 10.5 Å². The van der Waals surface area contributed by atoms with Crippen LogP contribution in [0.5, 0.6) is 5.88 Å². The maximum Gasteiger partial charge on any atom is 0.221 e. The van der Waals surface area contributed by atoms with Gasteiger partial charge in [-0.3, -0.25) is 0 Å². The third-order valence-corrected chi connectivity index (χ3v) is 1.63. The number of ether oxygens (including phenoxy) is 1. The summed E-state index contributed by atoms with van der Waals surface area (Å²) in [5, 5.41) is 0. The molecule has 2 N–H and O–H groups in total. The first-order valence-corrected chi connectivity index (χ1v) is 4.31. The van der Waals surface area contributed by atoms with Crippen LogP contribution in [0.1, 0.15) is 19.4 Å². The second-order valence-electron chi connectivity index (χ2n) is 3.39. The Morgan fingerprint density at radius 2 is 2.15 bits per heavy atom. The molecule has 0 amide bonds. The van der Waals surface area contributed by atoms with E-state index in [1.54, 1.807) is 0 Å². The third kappa shape index (κ3) is 2.57. The zero-order valence-corrected chi connectivity index (χ0v) is 8.24. The molecule has 0 spiro atoms. The molecular weight excluding hydrogens is 166 g/mol. The van der Waals surface area contributed by atoms with Crippen LogP contribution < -0.4 is 10.5 Å². The molecule has 0 aliphatic heterocycles. The molecule has 1 aromatic rings. The van der Waals surface area contributed by atoms with Crippen molar-refractivity contribution in [2.24, 2.45) is 5.92 Å². The van der Waals surface area contributed by atoms with Gasteiger partial charge in [0.2, 0.25) is 5.88 Å². The lowest BCUT2D eigenvalue weighted by atomic mass is 10.2. The number of aromatic nitrogens is 2. The smallest absolute Gasteiger partial charge is 0.221 e. The van der Waals surface area contributed by atoms with Crippen molar-refractivity contribution in [1.29, 1.82) is 0 Å². The molecule has 4 nitrogen and oxygen atoms in total. The Morgan fingerprint density at radius 1 is 1.46 bits per heavy atom. The first-order chi connectivity index (χ1) is 6.11. The van der Waals surface area contributed by atoms with Gasteiger partial charge in [-0.05, 0) is 12.8 Å². The van der Waals surface area contributed by atoms with Gasteiger partial charge >= 0.3 is 0 Å². The minimum atomic E-state index is 0.480. The molecule has 0 radical (unpaired) electrons. The lowest BCUT2D eigenvalue weighted by molar-refractivity contribution is 0.259. The molecule has 0 unspecified atom stereocenters. The van der Waals surface area contributed by atoms with Gasteiger partial charge in [0.15, 0.2) is 0 Å². The topological polar surface area (TPSA) is 61.0 Å². The van der Waals surface area contributed by atoms with Gasteiger partial charge in [-0.2, -0.15) is 0 Å². The molecule has 0 bridgehead atoms. The molecule has 0 saturated heterocycles. The van der Waals surface area contributed by atoms with Crippen molar-refractivity contribution in [3.63, 3.8) is 0 Å². The van der Waals surface area contributed by atoms with Gasteiger partial charge in [-0.1, -0.05) is 13.8 Å². The van der Waals surface area contributed by atoms with Gasteiger partial charge < -0.3 is 10.5 Å². The van der Waals surface area contributed by atoms with Crippen molar-refractivity contribution in [2.45, 2.75) is 20.8 Å². The molecule has 13 heavy (non-hydrogen) atoms. The normalized spacial score (nSPS) is 10.5. The monoisotopic (exact) mass is 181 g/mol. The van der Waals surface area contributed by atoms with Crippen molar-refractivity contribution in [2.75, 3.05) is 12.3 Å². The molecule has 4 heteroatoms. The van der Waals surface area contributed by atoms with Gasteiger partial charge in [0.1, 0.15) is 12.1 Å². The molecule has 0 aromatic carbocycles.